The fraction of sp³-hybridized carbons (Fsp3) is 0.409. The quantitative estimate of drug-likeness (QED) is 0.235. The molecular formula is C22H30IN5O4. The van der Waals surface area contributed by atoms with Crippen LogP contribution in [0.15, 0.2) is 52.1 Å². The van der Waals surface area contributed by atoms with Gasteiger partial charge in [-0.05, 0) is 43.3 Å². The van der Waals surface area contributed by atoms with Crippen LogP contribution in [-0.2, 0) is 0 Å². The Bertz CT molecular complexity index is 878. The van der Waals surface area contributed by atoms with Gasteiger partial charge in [0.1, 0.15) is 5.75 Å². The zero-order valence-electron chi connectivity index (χ0n) is 18.4. The van der Waals surface area contributed by atoms with Gasteiger partial charge in [0, 0.05) is 44.8 Å². The predicted molar refractivity (Wildman–Crippen MR) is 133 cm³/mol. The van der Waals surface area contributed by atoms with E-state index in [1.165, 1.54) is 6.26 Å². The van der Waals surface area contributed by atoms with E-state index < -0.39 is 0 Å². The number of carbonyl (C=O) groups is 2. The van der Waals surface area contributed by atoms with Gasteiger partial charge < -0.3 is 29.6 Å². The minimum atomic E-state index is -0.145. The van der Waals surface area contributed by atoms with Crippen LogP contribution in [0.3, 0.4) is 0 Å². The summed E-state index contributed by atoms with van der Waals surface area (Å²) < 4.78 is 10.3. The number of hydrogen-bond acceptors (Lipinski definition) is 5. The Labute approximate surface area is 205 Å². The Morgan fingerprint density at radius 3 is 2.34 bits per heavy atom. The number of ether oxygens (including phenoxy) is 1. The molecule has 1 aliphatic rings. The topological polar surface area (TPSA) is 99.4 Å². The molecule has 1 aromatic heterocycles. The molecule has 0 spiro atoms. The number of piperazine rings is 1. The minimum absolute atomic E-state index is 0. The van der Waals surface area contributed by atoms with Gasteiger partial charge in [-0.3, -0.25) is 14.6 Å². The van der Waals surface area contributed by atoms with Crippen molar-refractivity contribution >= 4 is 41.8 Å². The molecule has 9 nitrogen and oxygen atoms in total. The molecular weight excluding hydrogens is 525 g/mol. The highest BCUT2D eigenvalue weighted by Crippen LogP contribution is 2.11. The monoisotopic (exact) mass is 555 g/mol. The van der Waals surface area contributed by atoms with Crippen LogP contribution in [0.2, 0.25) is 0 Å². The van der Waals surface area contributed by atoms with Gasteiger partial charge in [0.15, 0.2) is 11.7 Å². The van der Waals surface area contributed by atoms with Crippen LogP contribution >= 0.6 is 24.0 Å². The Balaban J connectivity index is 0.00000363. The van der Waals surface area contributed by atoms with Crippen LogP contribution in [0, 0.1) is 0 Å². The smallest absolute Gasteiger partial charge is 0.289 e. The summed E-state index contributed by atoms with van der Waals surface area (Å²) in [4.78, 5) is 33.2. The van der Waals surface area contributed by atoms with Gasteiger partial charge >= 0.3 is 0 Å². The predicted octanol–water partition coefficient (Wildman–Crippen LogP) is 2.06. The number of rotatable bonds is 7. The lowest BCUT2D eigenvalue weighted by molar-refractivity contribution is 0.0657. The highest BCUT2D eigenvalue weighted by atomic mass is 127. The molecule has 174 valence electrons. The van der Waals surface area contributed by atoms with Crippen molar-refractivity contribution < 1.29 is 18.7 Å². The van der Waals surface area contributed by atoms with E-state index in [9.17, 15) is 9.59 Å². The molecule has 32 heavy (non-hydrogen) atoms. The maximum Gasteiger partial charge on any atom is 0.289 e. The lowest BCUT2D eigenvalue weighted by atomic mass is 10.2. The molecule has 1 saturated heterocycles. The Kier molecular flexibility index (Phi) is 10.3. The normalized spacial score (nSPS) is 13.9. The molecule has 3 rings (SSSR count). The number of guanidine groups is 1. The van der Waals surface area contributed by atoms with E-state index in [4.69, 9.17) is 9.15 Å². The van der Waals surface area contributed by atoms with Crippen LogP contribution < -0.4 is 15.4 Å². The standard InChI is InChI=1S/C22H29N5O4.HI/c1-3-23-22(25-11-10-24-20(28)17-6-8-18(30-2)9-7-17)27-14-12-26(13-15-27)21(29)19-5-4-16-31-19;/h4-9,16H,3,10-15H2,1-2H3,(H,23,25)(H,24,28);1H. The molecule has 0 radical (unpaired) electrons. The summed E-state index contributed by atoms with van der Waals surface area (Å²) >= 11 is 0. The Morgan fingerprint density at radius 1 is 1.06 bits per heavy atom. The number of furan rings is 1. The van der Waals surface area contributed by atoms with Crippen molar-refractivity contribution in [2.24, 2.45) is 4.99 Å². The van der Waals surface area contributed by atoms with E-state index >= 15 is 0 Å². The molecule has 1 fully saturated rings. The third-order valence-electron chi connectivity index (χ3n) is 4.94. The average Bonchev–Trinajstić information content (AvgIpc) is 3.35. The second-order valence-electron chi connectivity index (χ2n) is 6.98. The number of benzene rings is 1. The number of nitrogens with zero attached hydrogens (tertiary/aromatic N) is 3. The number of aliphatic imine (C=N–C) groups is 1. The van der Waals surface area contributed by atoms with Crippen molar-refractivity contribution in [3.05, 3.63) is 54.0 Å². The van der Waals surface area contributed by atoms with Crippen LogP contribution in [0.25, 0.3) is 0 Å². The molecule has 0 bridgehead atoms. The largest absolute Gasteiger partial charge is 0.497 e. The maximum atomic E-state index is 12.4. The maximum absolute atomic E-state index is 12.4. The van der Waals surface area contributed by atoms with Crippen LogP contribution in [0.1, 0.15) is 27.8 Å². The molecule has 2 N–H and O–H groups in total. The third kappa shape index (κ3) is 6.87. The number of hydrogen-bond donors (Lipinski definition) is 2. The summed E-state index contributed by atoms with van der Waals surface area (Å²) in [7, 11) is 1.59. The van der Waals surface area contributed by atoms with E-state index in [1.807, 2.05) is 6.92 Å². The molecule has 1 aliphatic heterocycles. The highest BCUT2D eigenvalue weighted by Gasteiger charge is 2.25. The number of carbonyl (C=O) groups excluding carboxylic acids is 2. The van der Waals surface area contributed by atoms with Gasteiger partial charge in [-0.2, -0.15) is 0 Å². The fourth-order valence-electron chi connectivity index (χ4n) is 3.28. The van der Waals surface area contributed by atoms with E-state index in [0.717, 1.165) is 12.5 Å². The van der Waals surface area contributed by atoms with Gasteiger partial charge in [0.2, 0.25) is 0 Å². The number of nitrogens with one attached hydrogen (secondary N) is 2. The molecule has 2 heterocycles. The van der Waals surface area contributed by atoms with Crippen molar-refractivity contribution in [2.45, 2.75) is 6.92 Å². The summed E-state index contributed by atoms with van der Waals surface area (Å²) in [5, 5.41) is 6.16. The molecule has 2 amide bonds. The SMILES string of the molecule is CCNC(=NCCNC(=O)c1ccc(OC)cc1)N1CCN(C(=O)c2ccco2)CC1.I. The van der Waals surface area contributed by atoms with Gasteiger partial charge in [-0.1, -0.05) is 0 Å². The average molecular weight is 555 g/mol. The first-order chi connectivity index (χ1) is 15.1. The lowest BCUT2D eigenvalue weighted by Crippen LogP contribution is -2.53. The van der Waals surface area contributed by atoms with Crippen LogP contribution in [-0.4, -0.2) is 80.5 Å². The second kappa shape index (κ2) is 12.9. The number of methoxy groups -OCH3 is 1. The molecule has 0 unspecified atom stereocenters. The van der Waals surface area contributed by atoms with Gasteiger partial charge in [0.05, 0.1) is 19.9 Å². The molecule has 0 atom stereocenters. The molecule has 0 aliphatic carbocycles. The molecule has 1 aromatic carbocycles. The van der Waals surface area contributed by atoms with Crippen molar-refractivity contribution in [3.8, 4) is 5.75 Å². The van der Waals surface area contributed by atoms with E-state index in [2.05, 4.69) is 20.5 Å². The van der Waals surface area contributed by atoms with Crippen molar-refractivity contribution in [1.82, 2.24) is 20.4 Å². The second-order valence-corrected chi connectivity index (χ2v) is 6.98. The van der Waals surface area contributed by atoms with Crippen LogP contribution in [0.4, 0.5) is 0 Å². The van der Waals surface area contributed by atoms with Gasteiger partial charge in [0.25, 0.3) is 11.8 Å². The first-order valence-electron chi connectivity index (χ1n) is 10.4. The minimum Gasteiger partial charge on any atom is -0.497 e. The molecule has 2 aromatic rings. The number of amides is 2. The molecule has 0 saturated carbocycles. The third-order valence-corrected chi connectivity index (χ3v) is 4.94. The van der Waals surface area contributed by atoms with Gasteiger partial charge in [-0.15, -0.1) is 24.0 Å². The van der Waals surface area contributed by atoms with Crippen molar-refractivity contribution in [3.63, 3.8) is 0 Å². The van der Waals surface area contributed by atoms with E-state index in [1.54, 1.807) is 48.4 Å². The van der Waals surface area contributed by atoms with E-state index in [0.29, 0.717) is 56.3 Å². The first kappa shape index (κ1) is 25.5. The number of halogens is 1. The van der Waals surface area contributed by atoms with Gasteiger partial charge in [-0.25, -0.2) is 0 Å². The molecule has 10 heteroatoms. The summed E-state index contributed by atoms with van der Waals surface area (Å²) in [6, 6.07) is 10.4. The summed E-state index contributed by atoms with van der Waals surface area (Å²) in [5.41, 5.74) is 0.578. The first-order valence-corrected chi connectivity index (χ1v) is 10.4. The summed E-state index contributed by atoms with van der Waals surface area (Å²) in [6.07, 6.45) is 1.51. The Morgan fingerprint density at radius 2 is 1.75 bits per heavy atom. The van der Waals surface area contributed by atoms with Crippen LogP contribution in [0.5, 0.6) is 5.75 Å². The highest BCUT2D eigenvalue weighted by molar-refractivity contribution is 14.0. The fourth-order valence-corrected chi connectivity index (χ4v) is 3.28. The van der Waals surface area contributed by atoms with Crippen molar-refractivity contribution in [1.29, 1.82) is 0 Å². The van der Waals surface area contributed by atoms with Crippen molar-refractivity contribution in [2.75, 3.05) is 52.9 Å². The Hall–Kier alpha value is -2.76. The zero-order valence-corrected chi connectivity index (χ0v) is 20.7. The lowest BCUT2D eigenvalue weighted by Gasteiger charge is -2.36. The summed E-state index contributed by atoms with van der Waals surface area (Å²) in [5.74, 6) is 1.62. The summed E-state index contributed by atoms with van der Waals surface area (Å²) in [6.45, 7) is 6.18. The zero-order chi connectivity index (χ0) is 22.1. The van der Waals surface area contributed by atoms with E-state index in [-0.39, 0.29) is 35.8 Å².